The predicted octanol–water partition coefficient (Wildman–Crippen LogP) is 4.56. The molecule has 0 radical (unpaired) electrons. The lowest BCUT2D eigenvalue weighted by Gasteiger charge is -2.23. The molecular weight excluding hydrogens is 382 g/mol. The topological polar surface area (TPSA) is 37.8 Å². The third kappa shape index (κ3) is 2.57. The van der Waals surface area contributed by atoms with Crippen molar-refractivity contribution < 1.29 is 9.47 Å². The summed E-state index contributed by atoms with van der Waals surface area (Å²) in [6, 6.07) is 12.1. The summed E-state index contributed by atoms with van der Waals surface area (Å²) in [6.07, 6.45) is 1.93. The van der Waals surface area contributed by atoms with Gasteiger partial charge in [-0.05, 0) is 30.3 Å². The van der Waals surface area contributed by atoms with Gasteiger partial charge in [0.25, 0.3) is 0 Å². The number of anilines is 3. The normalized spacial score (nSPS) is 13.3. The van der Waals surface area contributed by atoms with Gasteiger partial charge in [0.1, 0.15) is 11.5 Å². The molecule has 1 aromatic heterocycles. The summed E-state index contributed by atoms with van der Waals surface area (Å²) in [5, 5.41) is 1.11. The predicted molar refractivity (Wildman–Crippen MR) is 104 cm³/mol. The average Bonchev–Trinajstić information content (AvgIpc) is 2.98. The van der Waals surface area contributed by atoms with Crippen molar-refractivity contribution in [1.82, 2.24) is 4.98 Å². The fourth-order valence-corrected chi connectivity index (χ4v) is 3.63. The van der Waals surface area contributed by atoms with E-state index in [2.05, 4.69) is 43.8 Å². The summed E-state index contributed by atoms with van der Waals surface area (Å²) in [5.41, 5.74) is 4.21. The van der Waals surface area contributed by atoms with E-state index in [0.29, 0.717) is 0 Å². The molecule has 0 aliphatic carbocycles. The van der Waals surface area contributed by atoms with Gasteiger partial charge in [-0.1, -0.05) is 15.9 Å². The lowest BCUT2D eigenvalue weighted by molar-refractivity contribution is 0.395. The molecule has 0 spiro atoms. The molecule has 4 rings (SSSR count). The number of hydrogen-bond acceptors (Lipinski definition) is 5. The first-order chi connectivity index (χ1) is 12.1. The fraction of sp³-hybridized carbons (Fsp3) is 0.211. The van der Waals surface area contributed by atoms with E-state index in [1.54, 1.807) is 14.2 Å². The van der Waals surface area contributed by atoms with Crippen LogP contribution in [0, 0.1) is 0 Å². The number of pyridine rings is 1. The molecule has 6 heteroatoms. The molecule has 1 aliphatic rings. The van der Waals surface area contributed by atoms with Crippen LogP contribution in [0.25, 0.3) is 10.9 Å². The molecule has 2 aromatic carbocycles. The highest BCUT2D eigenvalue weighted by Gasteiger charge is 2.29. The third-order valence-corrected chi connectivity index (χ3v) is 4.99. The smallest absolute Gasteiger partial charge is 0.146 e. The summed E-state index contributed by atoms with van der Waals surface area (Å²) in [5.74, 6) is 1.55. The zero-order chi connectivity index (χ0) is 17.6. The molecule has 0 unspecified atom stereocenters. The van der Waals surface area contributed by atoms with E-state index in [4.69, 9.17) is 9.47 Å². The number of fused-ring (bicyclic) bond motifs is 3. The van der Waals surface area contributed by atoms with Crippen molar-refractivity contribution >= 4 is 43.9 Å². The van der Waals surface area contributed by atoms with Gasteiger partial charge in [-0.3, -0.25) is 4.98 Å². The summed E-state index contributed by atoms with van der Waals surface area (Å²) in [6.45, 7) is 0.728. The highest BCUT2D eigenvalue weighted by atomic mass is 79.9. The first-order valence-corrected chi connectivity index (χ1v) is 8.70. The van der Waals surface area contributed by atoms with E-state index in [1.807, 2.05) is 36.5 Å². The quantitative estimate of drug-likeness (QED) is 0.645. The fourth-order valence-electron chi connectivity index (χ4n) is 3.27. The Labute approximate surface area is 154 Å². The largest absolute Gasteiger partial charge is 0.497 e. The number of rotatable bonds is 3. The van der Waals surface area contributed by atoms with Crippen LogP contribution in [0.3, 0.4) is 0 Å². The van der Waals surface area contributed by atoms with Crippen molar-refractivity contribution in [2.45, 2.75) is 0 Å². The number of nitrogens with zero attached hydrogens (tertiary/aromatic N) is 3. The van der Waals surface area contributed by atoms with Crippen LogP contribution < -0.4 is 19.3 Å². The lowest BCUT2D eigenvalue weighted by atomic mass is 10.1. The Morgan fingerprint density at radius 3 is 2.64 bits per heavy atom. The van der Waals surface area contributed by atoms with E-state index in [0.717, 1.165) is 50.6 Å². The maximum atomic E-state index is 5.62. The van der Waals surface area contributed by atoms with E-state index in [1.165, 1.54) is 0 Å². The second-order valence-corrected chi connectivity index (χ2v) is 6.87. The number of halogens is 1. The molecule has 0 atom stereocenters. The van der Waals surface area contributed by atoms with Crippen molar-refractivity contribution in [3.05, 3.63) is 47.1 Å². The van der Waals surface area contributed by atoms with Gasteiger partial charge in [0.15, 0.2) is 0 Å². The molecule has 0 bridgehead atoms. The summed E-state index contributed by atoms with van der Waals surface area (Å²) >= 11 is 3.58. The standard InChI is InChI=1S/C19H18BrN3O2/c1-22-11-23(16-7-5-13(24-2)9-18(16)25-3)19-14-8-12(20)4-6-15(14)21-10-17(19)22/h4-10H,11H2,1-3H3. The van der Waals surface area contributed by atoms with Gasteiger partial charge in [0, 0.05) is 23.0 Å². The molecule has 0 N–H and O–H groups in total. The minimum absolute atomic E-state index is 0.728. The molecule has 0 saturated carbocycles. The first-order valence-electron chi connectivity index (χ1n) is 7.91. The molecule has 0 amide bonds. The van der Waals surface area contributed by atoms with Crippen LogP contribution in [0.5, 0.6) is 11.5 Å². The Balaban J connectivity index is 1.95. The van der Waals surface area contributed by atoms with Gasteiger partial charge in [0.2, 0.25) is 0 Å². The second-order valence-electron chi connectivity index (χ2n) is 5.96. The zero-order valence-electron chi connectivity index (χ0n) is 14.3. The molecule has 0 fully saturated rings. The Kier molecular flexibility index (Phi) is 3.92. The SMILES string of the molecule is COc1ccc(N2CN(C)c3cnc4ccc(Br)cc4c32)c(OC)c1. The number of benzene rings is 2. The molecular formula is C19H18BrN3O2. The molecule has 0 saturated heterocycles. The molecule has 128 valence electrons. The Morgan fingerprint density at radius 2 is 1.88 bits per heavy atom. The van der Waals surface area contributed by atoms with Crippen LogP contribution in [-0.2, 0) is 0 Å². The van der Waals surface area contributed by atoms with Crippen LogP contribution in [0.4, 0.5) is 17.1 Å². The van der Waals surface area contributed by atoms with Gasteiger partial charge in [0.05, 0.1) is 49.7 Å². The third-order valence-electron chi connectivity index (χ3n) is 4.49. The maximum Gasteiger partial charge on any atom is 0.146 e. The van der Waals surface area contributed by atoms with Crippen molar-refractivity contribution in [2.24, 2.45) is 0 Å². The molecule has 5 nitrogen and oxygen atoms in total. The van der Waals surface area contributed by atoms with Crippen LogP contribution in [0.1, 0.15) is 0 Å². The molecule has 1 aliphatic heterocycles. The van der Waals surface area contributed by atoms with E-state index >= 15 is 0 Å². The lowest BCUT2D eigenvalue weighted by Crippen LogP contribution is -2.24. The van der Waals surface area contributed by atoms with E-state index < -0.39 is 0 Å². The van der Waals surface area contributed by atoms with Gasteiger partial charge >= 0.3 is 0 Å². The van der Waals surface area contributed by atoms with Crippen molar-refractivity contribution in [3.63, 3.8) is 0 Å². The summed E-state index contributed by atoms with van der Waals surface area (Å²) in [4.78, 5) is 9.04. The maximum absolute atomic E-state index is 5.62. The van der Waals surface area contributed by atoms with Crippen molar-refractivity contribution in [1.29, 1.82) is 0 Å². The van der Waals surface area contributed by atoms with Gasteiger partial charge in [-0.25, -0.2) is 0 Å². The van der Waals surface area contributed by atoms with Crippen LogP contribution in [-0.4, -0.2) is 32.9 Å². The van der Waals surface area contributed by atoms with E-state index in [9.17, 15) is 0 Å². The highest BCUT2D eigenvalue weighted by Crippen LogP contribution is 2.47. The van der Waals surface area contributed by atoms with Crippen molar-refractivity contribution in [2.75, 3.05) is 37.7 Å². The second kappa shape index (κ2) is 6.11. The summed E-state index contributed by atoms with van der Waals surface area (Å²) < 4.78 is 12.0. The average molecular weight is 400 g/mol. The van der Waals surface area contributed by atoms with Crippen LogP contribution in [0.2, 0.25) is 0 Å². The van der Waals surface area contributed by atoms with E-state index in [-0.39, 0.29) is 0 Å². The summed E-state index contributed by atoms with van der Waals surface area (Å²) in [7, 11) is 5.41. The zero-order valence-corrected chi connectivity index (χ0v) is 15.9. The number of aromatic nitrogens is 1. The Morgan fingerprint density at radius 1 is 1.04 bits per heavy atom. The molecule has 25 heavy (non-hydrogen) atoms. The first kappa shape index (κ1) is 16.0. The van der Waals surface area contributed by atoms with Gasteiger partial charge < -0.3 is 19.3 Å². The number of hydrogen-bond donors (Lipinski definition) is 0. The molecule has 3 aromatic rings. The monoisotopic (exact) mass is 399 g/mol. The minimum atomic E-state index is 0.728. The Hall–Kier alpha value is -2.47. The van der Waals surface area contributed by atoms with Gasteiger partial charge in [-0.2, -0.15) is 0 Å². The van der Waals surface area contributed by atoms with Crippen LogP contribution in [0.15, 0.2) is 47.1 Å². The minimum Gasteiger partial charge on any atom is -0.497 e. The Bertz CT molecular complexity index is 961. The van der Waals surface area contributed by atoms with Gasteiger partial charge in [-0.15, -0.1) is 0 Å². The highest BCUT2D eigenvalue weighted by molar-refractivity contribution is 9.10. The molecule has 2 heterocycles. The van der Waals surface area contributed by atoms with Crippen molar-refractivity contribution in [3.8, 4) is 11.5 Å². The number of ether oxygens (including phenoxy) is 2. The number of methoxy groups -OCH3 is 2. The van der Waals surface area contributed by atoms with Crippen LogP contribution >= 0.6 is 15.9 Å².